The molecule has 0 bridgehead atoms. The molecule has 0 radical (unpaired) electrons. The average Bonchev–Trinajstić information content (AvgIpc) is 2.53. The van der Waals surface area contributed by atoms with Gasteiger partial charge in [0, 0.05) is 4.47 Å². The molecule has 0 amide bonds. The van der Waals surface area contributed by atoms with Crippen LogP contribution in [0.5, 0.6) is 0 Å². The lowest BCUT2D eigenvalue weighted by atomic mass is 10.1. The molecule has 1 unspecified atom stereocenters. The molecule has 3 nitrogen and oxygen atoms in total. The molecule has 68 valence electrons. The fraction of sp³-hybridized carbons (Fsp3) is 0.222. The van der Waals surface area contributed by atoms with Crippen molar-refractivity contribution >= 4 is 21.8 Å². The zero-order chi connectivity index (χ0) is 9.26. The zero-order valence-corrected chi connectivity index (χ0v) is 8.49. The van der Waals surface area contributed by atoms with Gasteiger partial charge >= 0.3 is 0 Å². The van der Waals surface area contributed by atoms with Crippen molar-refractivity contribution in [2.45, 2.75) is 12.5 Å². The first-order chi connectivity index (χ1) is 6.25. The van der Waals surface area contributed by atoms with Crippen molar-refractivity contribution in [3.05, 3.63) is 34.3 Å². The van der Waals surface area contributed by atoms with Gasteiger partial charge in [-0.05, 0) is 17.7 Å². The van der Waals surface area contributed by atoms with Gasteiger partial charge in [-0.2, -0.15) is 0 Å². The van der Waals surface area contributed by atoms with Crippen LogP contribution in [-0.4, -0.2) is 5.84 Å². The van der Waals surface area contributed by atoms with Crippen LogP contribution >= 0.6 is 15.9 Å². The van der Waals surface area contributed by atoms with Crippen molar-refractivity contribution in [2.75, 3.05) is 0 Å². The van der Waals surface area contributed by atoms with Gasteiger partial charge in [-0.3, -0.25) is 0 Å². The third-order valence-electron chi connectivity index (χ3n) is 1.93. The summed E-state index contributed by atoms with van der Waals surface area (Å²) < 4.78 is 1.06. The summed E-state index contributed by atoms with van der Waals surface area (Å²) in [6, 6.07) is 7.96. The topological polar surface area (TPSA) is 47.6 Å². The van der Waals surface area contributed by atoms with Gasteiger partial charge in [0.2, 0.25) is 0 Å². The fourth-order valence-corrected chi connectivity index (χ4v) is 1.52. The van der Waals surface area contributed by atoms with E-state index in [9.17, 15) is 0 Å². The number of hydrogen-bond acceptors (Lipinski definition) is 3. The molecule has 1 aromatic rings. The third kappa shape index (κ3) is 1.83. The molecule has 4 heteroatoms. The van der Waals surface area contributed by atoms with Crippen LogP contribution in [0.25, 0.3) is 0 Å². The molecule has 2 N–H and O–H groups in total. The predicted molar refractivity (Wildman–Crippen MR) is 54.2 cm³/mol. The first kappa shape index (κ1) is 8.56. The summed E-state index contributed by atoms with van der Waals surface area (Å²) in [6.45, 7) is 0. The second-order valence-electron chi connectivity index (χ2n) is 2.93. The Hall–Kier alpha value is -1.03. The van der Waals surface area contributed by atoms with E-state index in [1.165, 1.54) is 0 Å². The molecular formula is C9H9BrN2O. The van der Waals surface area contributed by atoms with Crippen LogP contribution in [0.4, 0.5) is 0 Å². The van der Waals surface area contributed by atoms with E-state index in [4.69, 9.17) is 10.6 Å². The number of halogens is 1. The summed E-state index contributed by atoms with van der Waals surface area (Å²) in [5, 5.41) is 3.70. The summed E-state index contributed by atoms with van der Waals surface area (Å²) in [5.74, 6) is 0.563. The zero-order valence-electron chi connectivity index (χ0n) is 6.90. The van der Waals surface area contributed by atoms with Crippen LogP contribution in [0.1, 0.15) is 18.1 Å². The lowest BCUT2D eigenvalue weighted by Crippen LogP contribution is -2.08. The van der Waals surface area contributed by atoms with Crippen molar-refractivity contribution in [3.8, 4) is 0 Å². The Morgan fingerprint density at radius 1 is 1.38 bits per heavy atom. The molecule has 1 heterocycles. The van der Waals surface area contributed by atoms with Crippen LogP contribution in [0.2, 0.25) is 0 Å². The number of oxime groups is 1. The highest BCUT2D eigenvalue weighted by molar-refractivity contribution is 9.10. The largest absolute Gasteiger partial charge is 0.386 e. The second kappa shape index (κ2) is 3.38. The van der Waals surface area contributed by atoms with Crippen LogP contribution in [0.3, 0.4) is 0 Å². The van der Waals surface area contributed by atoms with Crippen molar-refractivity contribution in [1.29, 1.82) is 0 Å². The summed E-state index contributed by atoms with van der Waals surface area (Å²) >= 11 is 3.37. The van der Waals surface area contributed by atoms with Crippen LogP contribution in [0, 0.1) is 0 Å². The van der Waals surface area contributed by atoms with Crippen molar-refractivity contribution in [2.24, 2.45) is 10.9 Å². The Bertz CT molecular complexity index is 334. The lowest BCUT2D eigenvalue weighted by molar-refractivity contribution is 0.0857. The Kier molecular flexibility index (Phi) is 2.22. The summed E-state index contributed by atoms with van der Waals surface area (Å²) in [5.41, 5.74) is 6.61. The van der Waals surface area contributed by atoms with Gasteiger partial charge < -0.3 is 10.6 Å². The molecule has 0 saturated carbocycles. The van der Waals surface area contributed by atoms with Crippen molar-refractivity contribution in [3.63, 3.8) is 0 Å². The molecule has 1 aliphatic heterocycles. The third-order valence-corrected chi connectivity index (χ3v) is 2.46. The highest BCUT2D eigenvalue weighted by atomic mass is 79.9. The normalized spacial score (nSPS) is 21.0. The first-order valence-electron chi connectivity index (χ1n) is 3.99. The smallest absolute Gasteiger partial charge is 0.159 e. The summed E-state index contributed by atoms with van der Waals surface area (Å²) in [4.78, 5) is 5.14. The Morgan fingerprint density at radius 3 is 2.62 bits per heavy atom. The van der Waals surface area contributed by atoms with E-state index in [1.807, 2.05) is 24.3 Å². The van der Waals surface area contributed by atoms with Gasteiger partial charge in [0.15, 0.2) is 6.10 Å². The van der Waals surface area contributed by atoms with Gasteiger partial charge in [0.1, 0.15) is 5.84 Å². The second-order valence-corrected chi connectivity index (χ2v) is 3.85. The molecule has 1 aromatic carbocycles. The number of nitrogens with zero attached hydrogens (tertiary/aromatic N) is 1. The van der Waals surface area contributed by atoms with Crippen LogP contribution < -0.4 is 5.73 Å². The number of benzene rings is 1. The maximum atomic E-state index is 5.51. The van der Waals surface area contributed by atoms with Gasteiger partial charge in [0.25, 0.3) is 0 Å². The standard InChI is InChI=1S/C9H9BrN2O/c10-7-3-1-6(2-4-7)8-5-9(11)12-13-8/h1-4,8H,5H2,(H2,11,12). The minimum atomic E-state index is -0.00639. The van der Waals surface area contributed by atoms with E-state index < -0.39 is 0 Å². The molecule has 13 heavy (non-hydrogen) atoms. The SMILES string of the molecule is NC1=NOC(c2ccc(Br)cc2)C1. The van der Waals surface area contributed by atoms with Gasteiger partial charge in [-0.1, -0.05) is 33.2 Å². The molecule has 0 fully saturated rings. The van der Waals surface area contributed by atoms with E-state index in [1.54, 1.807) is 0 Å². The molecule has 1 atom stereocenters. The van der Waals surface area contributed by atoms with Gasteiger partial charge in [-0.25, -0.2) is 0 Å². The van der Waals surface area contributed by atoms with Crippen LogP contribution in [-0.2, 0) is 4.84 Å². The maximum absolute atomic E-state index is 5.51. The number of rotatable bonds is 1. The lowest BCUT2D eigenvalue weighted by Gasteiger charge is -2.07. The van der Waals surface area contributed by atoms with E-state index in [0.717, 1.165) is 10.0 Å². The quantitative estimate of drug-likeness (QED) is 0.819. The van der Waals surface area contributed by atoms with E-state index in [2.05, 4.69) is 21.1 Å². The molecule has 1 aliphatic rings. The van der Waals surface area contributed by atoms with E-state index in [0.29, 0.717) is 12.3 Å². The van der Waals surface area contributed by atoms with Crippen molar-refractivity contribution < 1.29 is 4.84 Å². The molecule has 2 rings (SSSR count). The molecule has 0 aliphatic carbocycles. The fourth-order valence-electron chi connectivity index (χ4n) is 1.25. The van der Waals surface area contributed by atoms with Crippen LogP contribution in [0.15, 0.2) is 33.9 Å². The van der Waals surface area contributed by atoms with E-state index >= 15 is 0 Å². The van der Waals surface area contributed by atoms with Crippen molar-refractivity contribution in [1.82, 2.24) is 0 Å². The molecule has 0 saturated heterocycles. The molecule has 0 spiro atoms. The molecular weight excluding hydrogens is 232 g/mol. The summed E-state index contributed by atoms with van der Waals surface area (Å²) in [6.07, 6.45) is 0.676. The Labute approximate surface area is 84.7 Å². The monoisotopic (exact) mass is 240 g/mol. The average molecular weight is 241 g/mol. The Morgan fingerprint density at radius 2 is 2.08 bits per heavy atom. The molecule has 0 aromatic heterocycles. The van der Waals surface area contributed by atoms with Gasteiger partial charge in [-0.15, -0.1) is 0 Å². The predicted octanol–water partition coefficient (Wildman–Crippen LogP) is 2.18. The maximum Gasteiger partial charge on any atom is 0.159 e. The Balaban J connectivity index is 2.14. The highest BCUT2D eigenvalue weighted by Crippen LogP contribution is 2.26. The number of amidine groups is 1. The van der Waals surface area contributed by atoms with E-state index in [-0.39, 0.29) is 6.10 Å². The van der Waals surface area contributed by atoms with Gasteiger partial charge in [0.05, 0.1) is 6.42 Å². The first-order valence-corrected chi connectivity index (χ1v) is 4.78. The summed E-state index contributed by atoms with van der Waals surface area (Å²) in [7, 11) is 0. The minimum Gasteiger partial charge on any atom is -0.386 e. The number of nitrogens with two attached hydrogens (primary N) is 1. The minimum absolute atomic E-state index is 0.00639. The number of hydrogen-bond donors (Lipinski definition) is 1. The highest BCUT2D eigenvalue weighted by Gasteiger charge is 2.20.